The van der Waals surface area contributed by atoms with Gasteiger partial charge in [0.2, 0.25) is 6.71 Å². The summed E-state index contributed by atoms with van der Waals surface area (Å²) in [6.45, 7) is 4.86. The number of hydrogen-bond acceptors (Lipinski definition) is 0. The van der Waals surface area contributed by atoms with Crippen LogP contribution in [-0.4, -0.2) is 6.71 Å². The van der Waals surface area contributed by atoms with Gasteiger partial charge in [0.15, 0.2) is 0 Å². The average Bonchev–Trinajstić information content (AvgIpc) is 3.32. The van der Waals surface area contributed by atoms with Crippen molar-refractivity contribution in [1.82, 2.24) is 0 Å². The van der Waals surface area contributed by atoms with Crippen molar-refractivity contribution in [3.8, 4) is 11.1 Å². The number of fused-ring (bicyclic) bond motifs is 5. The van der Waals surface area contributed by atoms with Gasteiger partial charge < -0.3 is 0 Å². The molecule has 0 saturated carbocycles. The Hall–Kier alpha value is -4.10. The number of hydrogen-bond donors (Lipinski definition) is 0. The number of benzene rings is 6. The molecule has 2 aliphatic rings. The van der Waals surface area contributed by atoms with Crippen LogP contribution in [0.25, 0.3) is 32.7 Å². The lowest BCUT2D eigenvalue weighted by molar-refractivity contribution is 0.690. The van der Waals surface area contributed by atoms with E-state index in [1.165, 1.54) is 113 Å². The fourth-order valence-electron chi connectivity index (χ4n) is 8.57. The molecule has 6 aromatic rings. The molecule has 0 unspecified atom stereocenters. The molecule has 0 nitrogen and oxygen atoms in total. The van der Waals surface area contributed by atoms with E-state index < -0.39 is 0 Å². The summed E-state index contributed by atoms with van der Waals surface area (Å²) in [6, 6.07) is 39.8. The SMILES string of the molecule is Cc1ccc2c(c1B(c1cccc(-c3cc4c(c5ccccc35)CCCC4)c1)c1c(C)ccc3ccccc13)CCCCC2. The fourth-order valence-corrected chi connectivity index (χ4v) is 8.57. The van der Waals surface area contributed by atoms with E-state index >= 15 is 0 Å². The Labute approximate surface area is 263 Å². The van der Waals surface area contributed by atoms with Crippen molar-refractivity contribution in [1.29, 1.82) is 0 Å². The second kappa shape index (κ2) is 11.4. The lowest BCUT2D eigenvalue weighted by Crippen LogP contribution is -2.55. The maximum Gasteiger partial charge on any atom is 0.243 e. The minimum Gasteiger partial charge on any atom is -0.0680 e. The third-order valence-corrected chi connectivity index (χ3v) is 10.7. The van der Waals surface area contributed by atoms with E-state index in [4.69, 9.17) is 0 Å². The molecule has 0 radical (unpaired) electrons. The van der Waals surface area contributed by atoms with E-state index in [9.17, 15) is 0 Å². The Kier molecular flexibility index (Phi) is 7.14. The predicted octanol–water partition coefficient (Wildman–Crippen LogP) is 8.94. The van der Waals surface area contributed by atoms with Gasteiger partial charge in [0, 0.05) is 0 Å². The van der Waals surface area contributed by atoms with Gasteiger partial charge in [-0.05, 0) is 120 Å². The third-order valence-electron chi connectivity index (χ3n) is 10.7. The van der Waals surface area contributed by atoms with Crippen molar-refractivity contribution in [2.45, 2.75) is 71.6 Å². The third kappa shape index (κ3) is 4.69. The minimum atomic E-state index is 0.179. The standard InChI is InChI=1S/C43H41B/c1-29-23-25-31-13-4-3-5-19-37(31)42(29)44(43-30(2)24-26-32-14-6-9-20-38(32)43)35-17-12-16-33(27-35)41-28-34-15-7-8-18-36(34)39-21-10-11-22-40(39)41/h6,9-12,14,16-17,20-28H,3-5,7-8,13,15,18-19H2,1-2H3. The Bertz CT molecular complexity index is 2030. The lowest BCUT2D eigenvalue weighted by atomic mass is 9.34. The summed E-state index contributed by atoms with van der Waals surface area (Å²) in [5, 5.41) is 5.56. The van der Waals surface area contributed by atoms with Crippen molar-refractivity contribution >= 4 is 44.6 Å². The van der Waals surface area contributed by atoms with Gasteiger partial charge in [-0.1, -0.05) is 137 Å². The van der Waals surface area contributed by atoms with E-state index in [0.717, 1.165) is 0 Å². The van der Waals surface area contributed by atoms with Crippen LogP contribution in [0, 0.1) is 13.8 Å². The fraction of sp³-hybridized carbons (Fsp3) is 0.256. The van der Waals surface area contributed by atoms with Gasteiger partial charge in [-0.2, -0.15) is 0 Å². The van der Waals surface area contributed by atoms with Crippen molar-refractivity contribution in [2.75, 3.05) is 0 Å². The van der Waals surface area contributed by atoms with E-state index in [2.05, 4.69) is 117 Å². The molecular weight excluding hydrogens is 527 g/mol. The highest BCUT2D eigenvalue weighted by atomic mass is 14.2. The summed E-state index contributed by atoms with van der Waals surface area (Å²) in [6.07, 6.45) is 11.3. The summed E-state index contributed by atoms with van der Waals surface area (Å²) in [5.74, 6) is 0. The smallest absolute Gasteiger partial charge is 0.0680 e. The highest BCUT2D eigenvalue weighted by Gasteiger charge is 2.31. The summed E-state index contributed by atoms with van der Waals surface area (Å²) in [4.78, 5) is 0. The molecular formula is C43H41B. The molecule has 0 bridgehead atoms. The minimum absolute atomic E-state index is 0.179. The zero-order valence-corrected chi connectivity index (χ0v) is 26.3. The second-order valence-electron chi connectivity index (χ2n) is 13.4. The van der Waals surface area contributed by atoms with Crippen molar-refractivity contribution in [3.05, 3.63) is 137 Å². The summed E-state index contributed by atoms with van der Waals surface area (Å²) >= 11 is 0. The van der Waals surface area contributed by atoms with Crippen LogP contribution in [0.3, 0.4) is 0 Å². The summed E-state index contributed by atoms with van der Waals surface area (Å²) < 4.78 is 0. The first-order valence-corrected chi connectivity index (χ1v) is 16.9. The number of rotatable bonds is 4. The lowest BCUT2D eigenvalue weighted by Gasteiger charge is -2.26. The Morgan fingerprint density at radius 2 is 1.16 bits per heavy atom. The molecule has 44 heavy (non-hydrogen) atoms. The maximum atomic E-state index is 2.54. The van der Waals surface area contributed by atoms with Crippen molar-refractivity contribution in [3.63, 3.8) is 0 Å². The van der Waals surface area contributed by atoms with Crippen molar-refractivity contribution < 1.29 is 0 Å². The summed E-state index contributed by atoms with van der Waals surface area (Å²) in [7, 11) is 0. The van der Waals surface area contributed by atoms with Gasteiger partial charge in [-0.3, -0.25) is 0 Å². The molecule has 0 aliphatic heterocycles. The van der Waals surface area contributed by atoms with Crippen LogP contribution >= 0.6 is 0 Å². The monoisotopic (exact) mass is 568 g/mol. The van der Waals surface area contributed by atoms with Crippen LogP contribution in [0.1, 0.15) is 65.5 Å². The van der Waals surface area contributed by atoms with Crippen LogP contribution in [0.5, 0.6) is 0 Å². The first-order valence-electron chi connectivity index (χ1n) is 16.9. The topological polar surface area (TPSA) is 0 Å². The molecule has 0 amide bonds. The average molecular weight is 569 g/mol. The van der Waals surface area contributed by atoms with Gasteiger partial charge in [0.25, 0.3) is 0 Å². The van der Waals surface area contributed by atoms with E-state index in [1.807, 2.05) is 0 Å². The van der Waals surface area contributed by atoms with E-state index in [-0.39, 0.29) is 6.71 Å². The Morgan fingerprint density at radius 3 is 2.07 bits per heavy atom. The van der Waals surface area contributed by atoms with Gasteiger partial charge in [0.1, 0.15) is 0 Å². The zero-order valence-electron chi connectivity index (χ0n) is 26.3. The van der Waals surface area contributed by atoms with Crippen LogP contribution in [-0.2, 0) is 25.7 Å². The molecule has 6 aromatic carbocycles. The quantitative estimate of drug-likeness (QED) is 0.147. The molecule has 0 fully saturated rings. The molecule has 0 aromatic heterocycles. The maximum absolute atomic E-state index is 2.54. The normalized spacial score (nSPS) is 14.7. The van der Waals surface area contributed by atoms with Crippen LogP contribution < -0.4 is 16.4 Å². The van der Waals surface area contributed by atoms with Crippen LogP contribution in [0.2, 0.25) is 0 Å². The molecule has 0 N–H and O–H groups in total. The van der Waals surface area contributed by atoms with E-state index in [1.54, 1.807) is 27.7 Å². The predicted molar refractivity (Wildman–Crippen MR) is 192 cm³/mol. The van der Waals surface area contributed by atoms with Crippen molar-refractivity contribution in [2.24, 2.45) is 0 Å². The molecule has 0 saturated heterocycles. The second-order valence-corrected chi connectivity index (χ2v) is 13.4. The van der Waals surface area contributed by atoms with Gasteiger partial charge in [0.05, 0.1) is 0 Å². The van der Waals surface area contributed by atoms with E-state index in [0.29, 0.717) is 0 Å². The molecule has 8 rings (SSSR count). The molecule has 216 valence electrons. The first-order chi connectivity index (χ1) is 21.7. The highest BCUT2D eigenvalue weighted by molar-refractivity contribution is 6.97. The van der Waals surface area contributed by atoms with Gasteiger partial charge in [-0.15, -0.1) is 0 Å². The number of aryl methyl sites for hydroxylation is 5. The van der Waals surface area contributed by atoms with Crippen LogP contribution in [0.15, 0.2) is 103 Å². The molecule has 0 heterocycles. The van der Waals surface area contributed by atoms with Gasteiger partial charge >= 0.3 is 0 Å². The highest BCUT2D eigenvalue weighted by Crippen LogP contribution is 2.36. The zero-order chi connectivity index (χ0) is 29.6. The van der Waals surface area contributed by atoms with Crippen LogP contribution in [0.4, 0.5) is 0 Å². The van der Waals surface area contributed by atoms with Gasteiger partial charge in [-0.25, -0.2) is 0 Å². The molecule has 2 aliphatic carbocycles. The molecule has 1 heteroatoms. The Morgan fingerprint density at radius 1 is 0.477 bits per heavy atom. The molecule has 0 atom stereocenters. The molecule has 0 spiro atoms. The Balaban J connectivity index is 1.40. The first kappa shape index (κ1) is 27.5. The largest absolute Gasteiger partial charge is 0.243 e. The summed E-state index contributed by atoms with van der Waals surface area (Å²) in [5.41, 5.74) is 16.3.